The molecular weight excluding hydrogens is 216 g/mol. The Morgan fingerprint density at radius 3 is 2.29 bits per heavy atom. The summed E-state index contributed by atoms with van der Waals surface area (Å²) in [6, 6.07) is 8.85. The standard InChI is InChI=1S/C10H8O2S2/c11-14(12)10-3-1-8(2-4-10)9-5-6-13-7-9/h1-7H,(H,11,12)/p-1. The molecule has 0 saturated heterocycles. The van der Waals surface area contributed by atoms with Crippen molar-refractivity contribution in [2.45, 2.75) is 4.90 Å². The third-order valence-electron chi connectivity index (χ3n) is 1.90. The summed E-state index contributed by atoms with van der Waals surface area (Å²) >= 11 is -0.508. The maximum absolute atomic E-state index is 10.6. The van der Waals surface area contributed by atoms with Crippen molar-refractivity contribution in [3.63, 3.8) is 0 Å². The molecule has 2 rings (SSSR count). The Kier molecular flexibility index (Phi) is 2.77. The Morgan fingerprint density at radius 2 is 1.79 bits per heavy atom. The summed E-state index contributed by atoms with van der Waals surface area (Å²) in [5.74, 6) is 0. The second-order valence-electron chi connectivity index (χ2n) is 2.77. The monoisotopic (exact) mass is 223 g/mol. The fourth-order valence-electron chi connectivity index (χ4n) is 1.19. The van der Waals surface area contributed by atoms with E-state index in [-0.39, 0.29) is 0 Å². The molecule has 0 spiro atoms. The predicted octanol–water partition coefficient (Wildman–Crippen LogP) is 2.65. The van der Waals surface area contributed by atoms with Gasteiger partial charge in [0, 0.05) is 4.90 Å². The van der Waals surface area contributed by atoms with Crippen LogP contribution in [0.3, 0.4) is 0 Å². The second-order valence-corrected chi connectivity index (χ2v) is 4.49. The van der Waals surface area contributed by atoms with Crippen LogP contribution in [0.25, 0.3) is 11.1 Å². The van der Waals surface area contributed by atoms with Gasteiger partial charge in [0.25, 0.3) is 0 Å². The minimum Gasteiger partial charge on any atom is -0.768 e. The molecule has 1 unspecified atom stereocenters. The molecule has 1 heterocycles. The first-order chi connectivity index (χ1) is 6.77. The first-order valence-corrected chi connectivity index (χ1v) is 6.01. The minimum atomic E-state index is -2.13. The normalized spacial score (nSPS) is 12.6. The SMILES string of the molecule is O=S([O-])c1ccc(-c2ccsc2)cc1. The smallest absolute Gasteiger partial charge is 0.0249 e. The Bertz CT molecular complexity index is 432. The molecule has 0 saturated carbocycles. The van der Waals surface area contributed by atoms with E-state index in [9.17, 15) is 8.76 Å². The molecule has 2 aromatic rings. The van der Waals surface area contributed by atoms with E-state index in [0.29, 0.717) is 4.90 Å². The fraction of sp³-hybridized carbons (Fsp3) is 0. The summed E-state index contributed by atoms with van der Waals surface area (Å²) in [5, 5.41) is 4.03. The fourth-order valence-corrected chi connectivity index (χ4v) is 2.21. The Morgan fingerprint density at radius 1 is 1.07 bits per heavy atom. The van der Waals surface area contributed by atoms with E-state index in [1.54, 1.807) is 23.5 Å². The lowest BCUT2D eigenvalue weighted by atomic mass is 10.1. The molecule has 72 valence electrons. The molecule has 4 heteroatoms. The molecule has 0 amide bonds. The van der Waals surface area contributed by atoms with Crippen LogP contribution in [0.2, 0.25) is 0 Å². The van der Waals surface area contributed by atoms with Crippen LogP contribution in [0.4, 0.5) is 0 Å². The van der Waals surface area contributed by atoms with Crippen molar-refractivity contribution in [2.24, 2.45) is 0 Å². The van der Waals surface area contributed by atoms with Crippen LogP contribution >= 0.6 is 11.3 Å². The number of benzene rings is 1. The van der Waals surface area contributed by atoms with Gasteiger partial charge in [-0.2, -0.15) is 11.3 Å². The molecule has 0 fully saturated rings. The van der Waals surface area contributed by atoms with E-state index < -0.39 is 11.1 Å². The molecule has 0 aliphatic rings. The highest BCUT2D eigenvalue weighted by molar-refractivity contribution is 7.79. The summed E-state index contributed by atoms with van der Waals surface area (Å²) in [5.41, 5.74) is 2.17. The van der Waals surface area contributed by atoms with Crippen LogP contribution in [0.5, 0.6) is 0 Å². The van der Waals surface area contributed by atoms with Crippen LogP contribution in [-0.4, -0.2) is 8.76 Å². The van der Waals surface area contributed by atoms with Gasteiger partial charge in [-0.05, 0) is 51.2 Å². The van der Waals surface area contributed by atoms with E-state index in [1.165, 1.54) is 0 Å². The van der Waals surface area contributed by atoms with Crippen molar-refractivity contribution in [1.29, 1.82) is 0 Å². The molecule has 0 aliphatic heterocycles. The quantitative estimate of drug-likeness (QED) is 0.734. The zero-order valence-electron chi connectivity index (χ0n) is 7.17. The lowest BCUT2D eigenvalue weighted by Crippen LogP contribution is -1.87. The average Bonchev–Trinajstić information content (AvgIpc) is 2.71. The van der Waals surface area contributed by atoms with Gasteiger partial charge in [0.2, 0.25) is 0 Å². The molecule has 0 N–H and O–H groups in total. The molecular formula is C10H7O2S2-. The summed E-state index contributed by atoms with van der Waals surface area (Å²) < 4.78 is 21.2. The highest BCUT2D eigenvalue weighted by Gasteiger charge is 1.97. The summed E-state index contributed by atoms with van der Waals surface area (Å²) in [4.78, 5) is 0.323. The Labute approximate surface area is 88.5 Å². The van der Waals surface area contributed by atoms with Gasteiger partial charge in [-0.3, -0.25) is 4.21 Å². The highest BCUT2D eigenvalue weighted by atomic mass is 32.2. The second kappa shape index (κ2) is 4.04. The Hall–Kier alpha value is -0.970. The number of hydrogen-bond acceptors (Lipinski definition) is 3. The van der Waals surface area contributed by atoms with Crippen molar-refractivity contribution in [2.75, 3.05) is 0 Å². The third kappa shape index (κ3) is 1.92. The molecule has 1 aromatic heterocycles. The van der Waals surface area contributed by atoms with Crippen LogP contribution in [-0.2, 0) is 11.1 Å². The maximum atomic E-state index is 10.6. The van der Waals surface area contributed by atoms with Gasteiger partial charge in [0.1, 0.15) is 0 Å². The van der Waals surface area contributed by atoms with Gasteiger partial charge in [-0.15, -0.1) is 0 Å². The summed E-state index contributed by atoms with van der Waals surface area (Å²) in [6.45, 7) is 0. The molecule has 1 aromatic carbocycles. The van der Waals surface area contributed by atoms with E-state index >= 15 is 0 Å². The largest absolute Gasteiger partial charge is 0.768 e. The van der Waals surface area contributed by atoms with Crippen LogP contribution < -0.4 is 0 Å². The van der Waals surface area contributed by atoms with Gasteiger partial charge in [0.15, 0.2) is 0 Å². The third-order valence-corrected chi connectivity index (χ3v) is 3.24. The topological polar surface area (TPSA) is 40.1 Å². The molecule has 0 bridgehead atoms. The van der Waals surface area contributed by atoms with Crippen LogP contribution in [0, 0.1) is 0 Å². The zero-order chi connectivity index (χ0) is 9.97. The number of hydrogen-bond donors (Lipinski definition) is 0. The van der Waals surface area contributed by atoms with Gasteiger partial charge in [0.05, 0.1) is 0 Å². The molecule has 14 heavy (non-hydrogen) atoms. The molecule has 2 nitrogen and oxygen atoms in total. The predicted molar refractivity (Wildman–Crippen MR) is 56.9 cm³/mol. The van der Waals surface area contributed by atoms with Gasteiger partial charge in [-0.1, -0.05) is 12.1 Å². The van der Waals surface area contributed by atoms with E-state index in [4.69, 9.17) is 0 Å². The van der Waals surface area contributed by atoms with Crippen molar-refractivity contribution < 1.29 is 8.76 Å². The summed E-state index contributed by atoms with van der Waals surface area (Å²) in [7, 11) is 0. The van der Waals surface area contributed by atoms with Crippen molar-refractivity contribution in [3.05, 3.63) is 41.1 Å². The first-order valence-electron chi connectivity index (χ1n) is 3.99. The van der Waals surface area contributed by atoms with E-state index in [1.807, 2.05) is 29.0 Å². The lowest BCUT2D eigenvalue weighted by Gasteiger charge is -2.05. The molecule has 0 radical (unpaired) electrons. The van der Waals surface area contributed by atoms with Crippen LogP contribution in [0.15, 0.2) is 46.0 Å². The lowest BCUT2D eigenvalue weighted by molar-refractivity contribution is 0.537. The zero-order valence-corrected chi connectivity index (χ0v) is 8.81. The van der Waals surface area contributed by atoms with Gasteiger partial charge >= 0.3 is 0 Å². The van der Waals surface area contributed by atoms with Gasteiger partial charge < -0.3 is 4.55 Å². The van der Waals surface area contributed by atoms with Crippen molar-refractivity contribution >= 4 is 22.4 Å². The van der Waals surface area contributed by atoms with Crippen LogP contribution in [0.1, 0.15) is 0 Å². The van der Waals surface area contributed by atoms with E-state index in [0.717, 1.165) is 11.1 Å². The maximum Gasteiger partial charge on any atom is 0.0249 e. The Balaban J connectivity index is 2.36. The highest BCUT2D eigenvalue weighted by Crippen LogP contribution is 2.22. The molecule has 0 aliphatic carbocycles. The number of thiophene rings is 1. The first kappa shape index (κ1) is 9.58. The molecule has 1 atom stereocenters. The van der Waals surface area contributed by atoms with Crippen molar-refractivity contribution in [1.82, 2.24) is 0 Å². The van der Waals surface area contributed by atoms with E-state index in [2.05, 4.69) is 0 Å². The average molecular weight is 223 g/mol. The minimum absolute atomic E-state index is 0.323. The summed E-state index contributed by atoms with van der Waals surface area (Å²) in [6.07, 6.45) is 0. The van der Waals surface area contributed by atoms with Gasteiger partial charge in [-0.25, -0.2) is 0 Å². The van der Waals surface area contributed by atoms with Crippen molar-refractivity contribution in [3.8, 4) is 11.1 Å². The number of rotatable bonds is 2.